The largest absolute Gasteiger partial charge is 0.490 e. The van der Waals surface area contributed by atoms with Gasteiger partial charge in [-0.2, -0.15) is 0 Å². The smallest absolute Gasteiger partial charge is 0.276 e. The summed E-state index contributed by atoms with van der Waals surface area (Å²) >= 11 is 0. The number of amides is 2. The second-order valence-electron chi connectivity index (χ2n) is 7.68. The molecule has 0 radical (unpaired) electrons. The quantitative estimate of drug-likeness (QED) is 0.324. The topological polar surface area (TPSA) is 85.9 Å². The summed E-state index contributed by atoms with van der Waals surface area (Å²) in [5.41, 5.74) is 6.18. The van der Waals surface area contributed by atoms with Gasteiger partial charge in [0.25, 0.3) is 11.8 Å². The molecule has 0 saturated heterocycles. The van der Waals surface area contributed by atoms with Gasteiger partial charge in [0, 0.05) is 5.56 Å². The van der Waals surface area contributed by atoms with E-state index in [1.54, 1.807) is 24.3 Å². The van der Waals surface area contributed by atoms with Crippen LogP contribution in [0.25, 0.3) is 0 Å². The van der Waals surface area contributed by atoms with Crippen LogP contribution in [0.1, 0.15) is 42.1 Å². The fourth-order valence-electron chi connectivity index (χ4n) is 3.18. The first-order valence-corrected chi connectivity index (χ1v) is 11.3. The number of nitrogens with one attached hydrogen (secondary N) is 2. The molecule has 178 valence electrons. The molecule has 34 heavy (non-hydrogen) atoms. The van der Waals surface area contributed by atoms with Gasteiger partial charge in [0.15, 0.2) is 6.61 Å². The average Bonchev–Trinajstić information content (AvgIpc) is 2.89. The molecule has 0 aliphatic heterocycles. The van der Waals surface area contributed by atoms with Gasteiger partial charge in [-0.15, -0.1) is 0 Å². The molecular formula is C27H30N2O5. The van der Waals surface area contributed by atoms with Gasteiger partial charge in [-0.05, 0) is 54.3 Å². The molecule has 0 aliphatic carbocycles. The van der Waals surface area contributed by atoms with E-state index in [1.165, 1.54) is 0 Å². The third-order valence-electron chi connectivity index (χ3n) is 5.20. The Labute approximate surface area is 200 Å². The number of para-hydroxylation sites is 2. The predicted octanol–water partition coefficient (Wildman–Crippen LogP) is 4.50. The van der Waals surface area contributed by atoms with Crippen LogP contribution in [0, 0.1) is 0 Å². The van der Waals surface area contributed by atoms with Gasteiger partial charge in [-0.1, -0.05) is 56.3 Å². The van der Waals surface area contributed by atoms with E-state index >= 15 is 0 Å². The van der Waals surface area contributed by atoms with Crippen LogP contribution >= 0.6 is 0 Å². The highest BCUT2D eigenvalue weighted by Crippen LogP contribution is 2.28. The molecular weight excluding hydrogens is 432 g/mol. The van der Waals surface area contributed by atoms with E-state index in [-0.39, 0.29) is 6.61 Å². The summed E-state index contributed by atoms with van der Waals surface area (Å²) in [5, 5.41) is 0. The first kappa shape index (κ1) is 24.6. The molecule has 0 bridgehead atoms. The highest BCUT2D eigenvalue weighted by Gasteiger charge is 2.12. The molecule has 0 saturated carbocycles. The van der Waals surface area contributed by atoms with Gasteiger partial charge in [0.2, 0.25) is 0 Å². The van der Waals surface area contributed by atoms with Crippen molar-refractivity contribution >= 4 is 11.8 Å². The predicted molar refractivity (Wildman–Crippen MR) is 130 cm³/mol. The van der Waals surface area contributed by atoms with Gasteiger partial charge < -0.3 is 14.2 Å². The van der Waals surface area contributed by atoms with Crippen molar-refractivity contribution < 1.29 is 23.8 Å². The van der Waals surface area contributed by atoms with Gasteiger partial charge in [-0.25, -0.2) is 0 Å². The summed E-state index contributed by atoms with van der Waals surface area (Å²) < 4.78 is 16.9. The van der Waals surface area contributed by atoms with E-state index < -0.39 is 11.8 Å². The number of carbonyl (C=O) groups excluding carboxylic acids is 2. The summed E-state index contributed by atoms with van der Waals surface area (Å²) in [5.74, 6) is 1.36. The highest BCUT2D eigenvalue weighted by molar-refractivity contribution is 5.95. The summed E-state index contributed by atoms with van der Waals surface area (Å²) in [4.78, 5) is 24.6. The van der Waals surface area contributed by atoms with Gasteiger partial charge in [-0.3, -0.25) is 20.4 Å². The molecule has 0 fully saturated rings. The van der Waals surface area contributed by atoms with Crippen LogP contribution in [-0.4, -0.2) is 31.6 Å². The Kier molecular flexibility index (Phi) is 9.34. The van der Waals surface area contributed by atoms with E-state index in [1.807, 2.05) is 54.6 Å². The lowest BCUT2D eigenvalue weighted by Crippen LogP contribution is -2.43. The lowest BCUT2D eigenvalue weighted by molar-refractivity contribution is -0.123. The molecule has 0 heterocycles. The third-order valence-corrected chi connectivity index (χ3v) is 5.20. The van der Waals surface area contributed by atoms with Gasteiger partial charge >= 0.3 is 0 Å². The first-order valence-electron chi connectivity index (χ1n) is 11.3. The molecule has 3 aromatic carbocycles. The van der Waals surface area contributed by atoms with E-state index in [0.29, 0.717) is 36.2 Å². The standard InChI is InChI=1S/C27H30N2O5/c1-3-20(2)24-14-7-8-15-25(24)34-19-26(30)28-29-27(31)21-10-9-13-23(18-21)33-17-16-32-22-11-5-4-6-12-22/h4-15,18,20H,3,16-17,19H2,1-2H3,(H,28,30)(H,29,31). The van der Waals surface area contributed by atoms with Crippen molar-refractivity contribution in [2.24, 2.45) is 0 Å². The summed E-state index contributed by atoms with van der Waals surface area (Å²) in [6, 6.07) is 23.8. The van der Waals surface area contributed by atoms with Crippen molar-refractivity contribution in [3.8, 4) is 17.2 Å². The van der Waals surface area contributed by atoms with Crippen LogP contribution in [0.4, 0.5) is 0 Å². The van der Waals surface area contributed by atoms with E-state index in [0.717, 1.165) is 17.7 Å². The number of rotatable bonds is 11. The van der Waals surface area contributed by atoms with Crippen LogP contribution in [-0.2, 0) is 4.79 Å². The van der Waals surface area contributed by atoms with E-state index in [4.69, 9.17) is 14.2 Å². The molecule has 1 atom stereocenters. The van der Waals surface area contributed by atoms with Crippen LogP contribution in [0.5, 0.6) is 17.2 Å². The van der Waals surface area contributed by atoms with Crippen molar-refractivity contribution in [1.29, 1.82) is 0 Å². The molecule has 2 amide bonds. The average molecular weight is 463 g/mol. The zero-order chi connectivity index (χ0) is 24.2. The van der Waals surface area contributed by atoms with Crippen molar-refractivity contribution in [3.63, 3.8) is 0 Å². The Morgan fingerprint density at radius 3 is 2.24 bits per heavy atom. The SMILES string of the molecule is CCC(C)c1ccccc1OCC(=O)NNC(=O)c1cccc(OCCOc2ccccc2)c1. The van der Waals surface area contributed by atoms with Crippen molar-refractivity contribution in [2.75, 3.05) is 19.8 Å². The lowest BCUT2D eigenvalue weighted by Gasteiger charge is -2.15. The summed E-state index contributed by atoms with van der Waals surface area (Å²) in [7, 11) is 0. The normalized spacial score (nSPS) is 11.2. The van der Waals surface area contributed by atoms with Crippen LogP contribution in [0.3, 0.4) is 0 Å². The van der Waals surface area contributed by atoms with E-state index in [9.17, 15) is 9.59 Å². The Morgan fingerprint density at radius 1 is 0.794 bits per heavy atom. The van der Waals surface area contributed by atoms with Crippen LogP contribution in [0.2, 0.25) is 0 Å². The molecule has 7 heteroatoms. The minimum absolute atomic E-state index is 0.210. The second kappa shape index (κ2) is 12.9. The summed E-state index contributed by atoms with van der Waals surface area (Å²) in [6.07, 6.45) is 0.964. The van der Waals surface area contributed by atoms with Crippen LogP contribution < -0.4 is 25.1 Å². The Hall–Kier alpha value is -4.00. The summed E-state index contributed by atoms with van der Waals surface area (Å²) in [6.45, 7) is 4.69. The van der Waals surface area contributed by atoms with Crippen molar-refractivity contribution in [3.05, 3.63) is 90.0 Å². The number of hydrogen-bond donors (Lipinski definition) is 2. The third kappa shape index (κ3) is 7.55. The maximum atomic E-state index is 12.4. The molecule has 7 nitrogen and oxygen atoms in total. The molecule has 1 unspecified atom stereocenters. The Morgan fingerprint density at radius 2 is 1.47 bits per heavy atom. The molecule has 0 aromatic heterocycles. The Bertz CT molecular complexity index is 1070. The lowest BCUT2D eigenvalue weighted by atomic mass is 9.98. The molecule has 3 aromatic rings. The molecule has 0 aliphatic rings. The molecule has 2 N–H and O–H groups in total. The van der Waals surface area contributed by atoms with Gasteiger partial charge in [0.1, 0.15) is 30.5 Å². The van der Waals surface area contributed by atoms with Crippen molar-refractivity contribution in [2.45, 2.75) is 26.2 Å². The van der Waals surface area contributed by atoms with E-state index in [2.05, 4.69) is 24.7 Å². The minimum Gasteiger partial charge on any atom is -0.490 e. The zero-order valence-electron chi connectivity index (χ0n) is 19.5. The maximum Gasteiger partial charge on any atom is 0.276 e. The highest BCUT2D eigenvalue weighted by atomic mass is 16.5. The number of benzene rings is 3. The number of hydrazine groups is 1. The number of hydrogen-bond acceptors (Lipinski definition) is 5. The first-order chi connectivity index (χ1) is 16.6. The van der Waals surface area contributed by atoms with Crippen LogP contribution in [0.15, 0.2) is 78.9 Å². The molecule has 0 spiro atoms. The number of ether oxygens (including phenoxy) is 3. The van der Waals surface area contributed by atoms with Gasteiger partial charge in [0.05, 0.1) is 0 Å². The minimum atomic E-state index is -0.460. The number of carbonyl (C=O) groups is 2. The monoisotopic (exact) mass is 462 g/mol. The molecule has 3 rings (SSSR count). The van der Waals surface area contributed by atoms with Crippen molar-refractivity contribution in [1.82, 2.24) is 10.9 Å². The Balaban J connectivity index is 1.42. The zero-order valence-corrected chi connectivity index (χ0v) is 19.5. The second-order valence-corrected chi connectivity index (χ2v) is 7.68. The maximum absolute atomic E-state index is 12.4. The fourth-order valence-corrected chi connectivity index (χ4v) is 3.18. The fraction of sp³-hybridized carbons (Fsp3) is 0.259.